The lowest BCUT2D eigenvalue weighted by Gasteiger charge is -2.17. The molecule has 0 spiro atoms. The molecule has 0 radical (unpaired) electrons. The van der Waals surface area contributed by atoms with Crippen LogP contribution in [0.1, 0.15) is 23.5 Å². The molecule has 2 amide bonds. The number of rotatable bonds is 7. The summed E-state index contributed by atoms with van der Waals surface area (Å²) in [5, 5.41) is 5.16. The molecule has 24 heavy (non-hydrogen) atoms. The van der Waals surface area contributed by atoms with Crippen molar-refractivity contribution < 1.29 is 9.59 Å². The zero-order valence-corrected chi connectivity index (χ0v) is 13.4. The fraction of sp³-hybridized carbons (Fsp3) is 0.200. The van der Waals surface area contributed by atoms with Crippen LogP contribution in [0.15, 0.2) is 60.7 Å². The smallest absolute Gasteiger partial charge is 0.240 e. The Morgan fingerprint density at radius 3 is 1.92 bits per heavy atom. The van der Waals surface area contributed by atoms with E-state index < -0.39 is 0 Å². The van der Waals surface area contributed by atoms with Crippen molar-refractivity contribution in [3.63, 3.8) is 0 Å². The van der Waals surface area contributed by atoms with Gasteiger partial charge in [0.1, 0.15) is 0 Å². The number of hydrogen-bond donors (Lipinski definition) is 2. The highest BCUT2D eigenvalue weighted by Crippen LogP contribution is 2.27. The molecule has 0 aliphatic carbocycles. The number of carbonyl (C=O) groups excluding carboxylic acids is 2. The Kier molecular flexibility index (Phi) is 6.60. The van der Waals surface area contributed by atoms with Gasteiger partial charge in [-0.15, -0.1) is 6.42 Å². The third-order valence-electron chi connectivity index (χ3n) is 3.63. The van der Waals surface area contributed by atoms with E-state index in [1.807, 2.05) is 60.7 Å². The Bertz CT molecular complexity index is 666. The lowest BCUT2D eigenvalue weighted by molar-refractivity contribution is -0.126. The first kappa shape index (κ1) is 17.3. The van der Waals surface area contributed by atoms with E-state index in [-0.39, 0.29) is 37.2 Å². The normalized spacial score (nSPS) is 10.0. The van der Waals surface area contributed by atoms with Crippen molar-refractivity contribution in [3.05, 3.63) is 71.8 Å². The van der Waals surface area contributed by atoms with Gasteiger partial charge in [-0.2, -0.15) is 0 Å². The molecule has 122 valence electrons. The summed E-state index contributed by atoms with van der Waals surface area (Å²) < 4.78 is 0. The van der Waals surface area contributed by atoms with E-state index in [0.29, 0.717) is 0 Å². The second-order valence-corrected chi connectivity index (χ2v) is 5.34. The summed E-state index contributed by atoms with van der Waals surface area (Å²) in [4.78, 5) is 23.8. The molecule has 0 aliphatic rings. The van der Waals surface area contributed by atoms with Gasteiger partial charge < -0.3 is 10.6 Å². The Balaban J connectivity index is 2.03. The molecule has 0 bridgehead atoms. The summed E-state index contributed by atoms with van der Waals surface area (Å²) in [6.45, 7) is 0.0855. The molecule has 0 unspecified atom stereocenters. The van der Waals surface area contributed by atoms with E-state index in [9.17, 15) is 9.59 Å². The molecular formula is C20H20N2O2. The van der Waals surface area contributed by atoms with Gasteiger partial charge in [-0.05, 0) is 11.1 Å². The van der Waals surface area contributed by atoms with Crippen LogP contribution in [-0.2, 0) is 9.59 Å². The third-order valence-corrected chi connectivity index (χ3v) is 3.63. The molecule has 0 atom stereocenters. The van der Waals surface area contributed by atoms with E-state index in [4.69, 9.17) is 6.42 Å². The Hall–Kier alpha value is -3.06. The van der Waals surface area contributed by atoms with Gasteiger partial charge in [0, 0.05) is 12.3 Å². The lowest BCUT2D eigenvalue weighted by Crippen LogP contribution is -2.37. The first-order valence-corrected chi connectivity index (χ1v) is 7.77. The second kappa shape index (κ2) is 9.16. The Morgan fingerprint density at radius 1 is 0.875 bits per heavy atom. The van der Waals surface area contributed by atoms with Gasteiger partial charge in [-0.3, -0.25) is 9.59 Å². The van der Waals surface area contributed by atoms with E-state index in [1.54, 1.807) is 0 Å². The largest absolute Gasteiger partial charge is 0.347 e. The van der Waals surface area contributed by atoms with Crippen LogP contribution in [0, 0.1) is 12.3 Å². The lowest BCUT2D eigenvalue weighted by atomic mass is 9.88. The molecule has 0 aliphatic heterocycles. The monoisotopic (exact) mass is 320 g/mol. The summed E-state index contributed by atoms with van der Waals surface area (Å²) in [6, 6.07) is 19.7. The number of terminal acetylenes is 1. The predicted octanol–water partition coefficient (Wildman–Crippen LogP) is 2.07. The SMILES string of the molecule is C#CCNC(=O)CNC(=O)CC(c1ccccc1)c1ccccc1. The average molecular weight is 320 g/mol. The van der Waals surface area contributed by atoms with Crippen molar-refractivity contribution in [2.24, 2.45) is 0 Å². The maximum Gasteiger partial charge on any atom is 0.240 e. The summed E-state index contributed by atoms with van der Waals surface area (Å²) >= 11 is 0. The molecule has 2 aromatic carbocycles. The molecule has 0 fully saturated rings. The fourth-order valence-electron chi connectivity index (χ4n) is 2.45. The molecule has 0 aromatic heterocycles. The standard InChI is InChI=1S/C20H20N2O2/c1-2-13-21-20(24)15-22-19(23)14-18(16-9-5-3-6-10-16)17-11-7-4-8-12-17/h1,3-12,18H,13-15H2,(H,21,24)(H,22,23). The van der Waals surface area contributed by atoms with Crippen molar-refractivity contribution in [2.75, 3.05) is 13.1 Å². The van der Waals surface area contributed by atoms with Crippen LogP contribution >= 0.6 is 0 Å². The number of nitrogens with one attached hydrogen (secondary N) is 2. The van der Waals surface area contributed by atoms with Crippen LogP contribution in [0.5, 0.6) is 0 Å². The van der Waals surface area contributed by atoms with Gasteiger partial charge in [0.2, 0.25) is 11.8 Å². The number of amides is 2. The summed E-state index contributed by atoms with van der Waals surface area (Å²) in [5.41, 5.74) is 2.13. The summed E-state index contributed by atoms with van der Waals surface area (Å²) in [5.74, 6) is 1.79. The average Bonchev–Trinajstić information content (AvgIpc) is 2.64. The molecule has 2 aromatic rings. The first-order chi connectivity index (χ1) is 11.7. The second-order valence-electron chi connectivity index (χ2n) is 5.34. The highest BCUT2D eigenvalue weighted by molar-refractivity contribution is 5.85. The van der Waals surface area contributed by atoms with Crippen molar-refractivity contribution >= 4 is 11.8 Å². The van der Waals surface area contributed by atoms with Crippen LogP contribution in [0.25, 0.3) is 0 Å². The number of hydrogen-bond acceptors (Lipinski definition) is 2. The van der Waals surface area contributed by atoms with Crippen LogP contribution in [-0.4, -0.2) is 24.9 Å². The zero-order chi connectivity index (χ0) is 17.2. The third kappa shape index (κ3) is 5.29. The first-order valence-electron chi connectivity index (χ1n) is 7.77. The van der Waals surface area contributed by atoms with Crippen molar-refractivity contribution in [3.8, 4) is 12.3 Å². The number of benzene rings is 2. The molecule has 2 rings (SSSR count). The van der Waals surface area contributed by atoms with E-state index in [2.05, 4.69) is 16.6 Å². The van der Waals surface area contributed by atoms with Crippen molar-refractivity contribution in [1.82, 2.24) is 10.6 Å². The van der Waals surface area contributed by atoms with Crippen LogP contribution < -0.4 is 10.6 Å². The highest BCUT2D eigenvalue weighted by atomic mass is 16.2. The van der Waals surface area contributed by atoms with Gasteiger partial charge >= 0.3 is 0 Å². The molecule has 0 heterocycles. The minimum Gasteiger partial charge on any atom is -0.347 e. The maximum absolute atomic E-state index is 12.2. The topological polar surface area (TPSA) is 58.2 Å². The Morgan fingerprint density at radius 2 is 1.42 bits per heavy atom. The van der Waals surface area contributed by atoms with Crippen LogP contribution in [0.3, 0.4) is 0 Å². The Labute approximate surface area is 142 Å². The number of carbonyl (C=O) groups is 2. The zero-order valence-electron chi connectivity index (χ0n) is 13.4. The van der Waals surface area contributed by atoms with Crippen molar-refractivity contribution in [2.45, 2.75) is 12.3 Å². The van der Waals surface area contributed by atoms with Crippen molar-refractivity contribution in [1.29, 1.82) is 0 Å². The highest BCUT2D eigenvalue weighted by Gasteiger charge is 2.18. The fourth-order valence-corrected chi connectivity index (χ4v) is 2.45. The minimum atomic E-state index is -0.294. The molecule has 0 saturated carbocycles. The van der Waals surface area contributed by atoms with E-state index in [0.717, 1.165) is 11.1 Å². The molecular weight excluding hydrogens is 300 g/mol. The van der Waals surface area contributed by atoms with Gasteiger partial charge in [0.05, 0.1) is 13.1 Å². The molecule has 4 nitrogen and oxygen atoms in total. The van der Waals surface area contributed by atoms with Crippen LogP contribution in [0.4, 0.5) is 0 Å². The van der Waals surface area contributed by atoms with Gasteiger partial charge in [0.25, 0.3) is 0 Å². The minimum absolute atomic E-state index is 0.0545. The summed E-state index contributed by atoms with van der Waals surface area (Å²) in [7, 11) is 0. The van der Waals surface area contributed by atoms with E-state index in [1.165, 1.54) is 0 Å². The van der Waals surface area contributed by atoms with Gasteiger partial charge in [-0.1, -0.05) is 66.6 Å². The molecule has 4 heteroatoms. The van der Waals surface area contributed by atoms with Gasteiger partial charge in [0.15, 0.2) is 0 Å². The quantitative estimate of drug-likeness (QED) is 0.767. The van der Waals surface area contributed by atoms with Crippen LogP contribution in [0.2, 0.25) is 0 Å². The predicted molar refractivity (Wildman–Crippen MR) is 94.2 cm³/mol. The molecule has 2 N–H and O–H groups in total. The summed E-state index contributed by atoms with van der Waals surface area (Å²) in [6.07, 6.45) is 5.35. The maximum atomic E-state index is 12.2. The molecule has 0 saturated heterocycles. The van der Waals surface area contributed by atoms with E-state index >= 15 is 0 Å². The van der Waals surface area contributed by atoms with Gasteiger partial charge in [-0.25, -0.2) is 0 Å².